The van der Waals surface area contributed by atoms with Gasteiger partial charge in [-0.25, -0.2) is 22.6 Å². The summed E-state index contributed by atoms with van der Waals surface area (Å²) in [5.41, 5.74) is -0.463. The highest BCUT2D eigenvalue weighted by Crippen LogP contribution is 2.25. The molecule has 2 atom stereocenters. The Balaban J connectivity index is 1.86. The number of nitrogens with one attached hydrogen (secondary N) is 2. The van der Waals surface area contributed by atoms with E-state index in [-0.39, 0.29) is 28.7 Å². The third kappa shape index (κ3) is 8.05. The van der Waals surface area contributed by atoms with Gasteiger partial charge < -0.3 is 10.4 Å². The molecule has 3 rings (SSSR count). The largest absolute Gasteiger partial charge is 0.416 e. The standard InChI is InChI=1S/C23H24Cl2F3N5O5S/c1-2-39(37,38)31-18(16-5-3-4-6-17(16)25)11-29-20(35)13-33-22(36)32(12-19(34)23(26,27)28)21(30-33)14-7-9-15(24)10-8-14/h3-10,18-19,31,34H,2,11-13H2,1H3,(H,29,35). The summed E-state index contributed by atoms with van der Waals surface area (Å²) in [4.78, 5) is 25.7. The third-order valence-electron chi connectivity index (χ3n) is 5.54. The molecule has 0 aliphatic rings. The maximum atomic E-state index is 13.0. The highest BCUT2D eigenvalue weighted by Gasteiger charge is 2.39. The zero-order valence-corrected chi connectivity index (χ0v) is 22.7. The lowest BCUT2D eigenvalue weighted by atomic mass is 10.1. The third-order valence-corrected chi connectivity index (χ3v) is 7.54. The first kappa shape index (κ1) is 30.6. The number of carbonyl (C=O) groups is 1. The summed E-state index contributed by atoms with van der Waals surface area (Å²) in [6.45, 7) is -0.686. The van der Waals surface area contributed by atoms with Gasteiger partial charge in [-0.1, -0.05) is 41.4 Å². The van der Waals surface area contributed by atoms with Gasteiger partial charge in [0, 0.05) is 22.2 Å². The van der Waals surface area contributed by atoms with Gasteiger partial charge in [-0.15, -0.1) is 5.10 Å². The molecule has 0 bridgehead atoms. The summed E-state index contributed by atoms with van der Waals surface area (Å²) in [6.07, 6.45) is -7.87. The fraction of sp³-hybridized carbons (Fsp3) is 0.348. The Morgan fingerprint density at radius 2 is 1.77 bits per heavy atom. The van der Waals surface area contributed by atoms with Crippen molar-refractivity contribution in [2.45, 2.75) is 38.3 Å². The topological polar surface area (TPSA) is 135 Å². The van der Waals surface area contributed by atoms with Crippen LogP contribution in [0.5, 0.6) is 0 Å². The van der Waals surface area contributed by atoms with Crippen molar-refractivity contribution in [1.29, 1.82) is 0 Å². The van der Waals surface area contributed by atoms with Crippen LogP contribution in [0.2, 0.25) is 10.0 Å². The molecule has 0 aliphatic carbocycles. The number of benzene rings is 2. The fourth-order valence-electron chi connectivity index (χ4n) is 3.48. The summed E-state index contributed by atoms with van der Waals surface area (Å²) in [7, 11) is -3.71. The number of aliphatic hydroxyl groups excluding tert-OH is 1. The second kappa shape index (κ2) is 12.5. The number of alkyl halides is 3. The van der Waals surface area contributed by atoms with E-state index in [0.717, 1.165) is 0 Å². The van der Waals surface area contributed by atoms with Crippen molar-refractivity contribution >= 4 is 39.1 Å². The Morgan fingerprint density at radius 3 is 2.36 bits per heavy atom. The quantitative estimate of drug-likeness (QED) is 0.306. The van der Waals surface area contributed by atoms with E-state index in [2.05, 4.69) is 15.1 Å². The number of nitrogens with zero attached hydrogens (tertiary/aromatic N) is 3. The normalized spacial score (nSPS) is 13.7. The number of hydrogen-bond acceptors (Lipinski definition) is 6. The van der Waals surface area contributed by atoms with Crippen LogP contribution in [0.15, 0.2) is 53.3 Å². The van der Waals surface area contributed by atoms with Gasteiger partial charge in [-0.3, -0.25) is 9.36 Å². The van der Waals surface area contributed by atoms with E-state index in [4.69, 9.17) is 23.2 Å². The molecule has 1 amide bonds. The molecule has 0 saturated carbocycles. The lowest BCUT2D eigenvalue weighted by Gasteiger charge is -2.20. The second-order valence-corrected chi connectivity index (χ2v) is 11.2. The lowest BCUT2D eigenvalue weighted by molar-refractivity contribution is -0.207. The maximum Gasteiger partial charge on any atom is 0.416 e. The molecule has 1 aromatic heterocycles. The molecule has 0 spiro atoms. The van der Waals surface area contributed by atoms with Crippen LogP contribution in [-0.4, -0.2) is 58.4 Å². The second-order valence-electron chi connectivity index (χ2n) is 8.34. The maximum absolute atomic E-state index is 13.0. The van der Waals surface area contributed by atoms with Gasteiger partial charge in [-0.2, -0.15) is 13.2 Å². The van der Waals surface area contributed by atoms with Crippen LogP contribution < -0.4 is 15.7 Å². The Morgan fingerprint density at radius 1 is 1.13 bits per heavy atom. The van der Waals surface area contributed by atoms with E-state index in [0.29, 0.717) is 19.8 Å². The van der Waals surface area contributed by atoms with Gasteiger partial charge in [0.25, 0.3) is 0 Å². The van der Waals surface area contributed by atoms with Crippen molar-refractivity contribution in [3.63, 3.8) is 0 Å². The van der Waals surface area contributed by atoms with E-state index >= 15 is 0 Å². The van der Waals surface area contributed by atoms with Gasteiger partial charge in [0.15, 0.2) is 11.9 Å². The van der Waals surface area contributed by atoms with Crippen LogP contribution in [0.25, 0.3) is 11.4 Å². The van der Waals surface area contributed by atoms with Crippen LogP contribution in [0.4, 0.5) is 13.2 Å². The Hall–Kier alpha value is -2.91. The molecule has 212 valence electrons. The first-order valence-corrected chi connectivity index (χ1v) is 13.8. The molecule has 16 heteroatoms. The number of amides is 1. The lowest BCUT2D eigenvalue weighted by Crippen LogP contribution is -2.41. The number of rotatable bonds is 11. The molecular weight excluding hydrogens is 586 g/mol. The van der Waals surface area contributed by atoms with Crippen LogP contribution in [-0.2, 0) is 27.9 Å². The van der Waals surface area contributed by atoms with Crippen LogP contribution in [0.3, 0.4) is 0 Å². The predicted molar refractivity (Wildman–Crippen MR) is 139 cm³/mol. The molecule has 10 nitrogen and oxygen atoms in total. The minimum Gasteiger partial charge on any atom is -0.382 e. The molecule has 2 aromatic carbocycles. The smallest absolute Gasteiger partial charge is 0.382 e. The first-order valence-electron chi connectivity index (χ1n) is 11.4. The van der Waals surface area contributed by atoms with Crippen molar-refractivity contribution in [2.24, 2.45) is 0 Å². The zero-order chi connectivity index (χ0) is 29.0. The average Bonchev–Trinajstić information content (AvgIpc) is 3.16. The Labute approximate surface area is 231 Å². The summed E-state index contributed by atoms with van der Waals surface area (Å²) in [6, 6.07) is 11.2. The van der Waals surface area contributed by atoms with Crippen molar-refractivity contribution in [1.82, 2.24) is 24.4 Å². The molecule has 2 unspecified atom stereocenters. The fourth-order valence-corrected chi connectivity index (χ4v) is 4.68. The Bertz CT molecular complexity index is 1480. The molecule has 1 heterocycles. The first-order chi connectivity index (χ1) is 18.2. The predicted octanol–water partition coefficient (Wildman–Crippen LogP) is 2.74. The molecule has 39 heavy (non-hydrogen) atoms. The van der Waals surface area contributed by atoms with E-state index in [1.807, 2.05) is 0 Å². The van der Waals surface area contributed by atoms with Crippen molar-refractivity contribution in [3.8, 4) is 11.4 Å². The van der Waals surface area contributed by atoms with E-state index in [1.54, 1.807) is 24.3 Å². The molecule has 0 fully saturated rings. The SMILES string of the molecule is CCS(=O)(=O)NC(CNC(=O)Cn1nc(-c2ccc(Cl)cc2)n(CC(O)C(F)(F)F)c1=O)c1ccccc1Cl. The summed E-state index contributed by atoms with van der Waals surface area (Å²) >= 11 is 12.1. The molecule has 3 aromatic rings. The van der Waals surface area contributed by atoms with Gasteiger partial charge in [-0.05, 0) is 42.8 Å². The highest BCUT2D eigenvalue weighted by molar-refractivity contribution is 7.89. The highest BCUT2D eigenvalue weighted by atomic mass is 35.5. The van der Waals surface area contributed by atoms with E-state index < -0.39 is 53.0 Å². The van der Waals surface area contributed by atoms with E-state index in [9.17, 15) is 36.3 Å². The van der Waals surface area contributed by atoms with Crippen molar-refractivity contribution < 1.29 is 31.5 Å². The van der Waals surface area contributed by atoms with Gasteiger partial charge in [0.05, 0.1) is 18.3 Å². The van der Waals surface area contributed by atoms with Gasteiger partial charge in [0.2, 0.25) is 15.9 Å². The number of hydrogen-bond donors (Lipinski definition) is 3. The van der Waals surface area contributed by atoms with Crippen molar-refractivity contribution in [3.05, 3.63) is 74.6 Å². The summed E-state index contributed by atoms with van der Waals surface area (Å²) in [5, 5.41) is 16.6. The molecule has 0 saturated heterocycles. The van der Waals surface area contributed by atoms with Crippen LogP contribution in [0.1, 0.15) is 18.5 Å². The molecule has 3 N–H and O–H groups in total. The summed E-state index contributed by atoms with van der Waals surface area (Å²) < 4.78 is 67.2. The van der Waals surface area contributed by atoms with E-state index in [1.165, 1.54) is 31.2 Å². The Kier molecular flexibility index (Phi) is 9.83. The minimum atomic E-state index is -5.00. The van der Waals surface area contributed by atoms with Crippen molar-refractivity contribution in [2.75, 3.05) is 12.3 Å². The number of carbonyl (C=O) groups excluding carboxylic acids is 1. The average molecular weight is 610 g/mol. The molecular formula is C23H24Cl2F3N5O5S. The number of aromatic nitrogens is 3. The van der Waals surface area contributed by atoms with Gasteiger partial charge >= 0.3 is 11.9 Å². The molecule has 0 radical (unpaired) electrons. The number of halogens is 5. The number of aliphatic hydroxyl groups is 1. The number of sulfonamides is 1. The summed E-state index contributed by atoms with van der Waals surface area (Å²) in [5.74, 6) is -1.24. The molecule has 0 aliphatic heterocycles. The zero-order valence-electron chi connectivity index (χ0n) is 20.3. The van der Waals surface area contributed by atoms with Crippen LogP contribution in [0, 0.1) is 0 Å². The van der Waals surface area contributed by atoms with Crippen LogP contribution >= 0.6 is 23.2 Å². The monoisotopic (exact) mass is 609 g/mol. The van der Waals surface area contributed by atoms with Gasteiger partial charge in [0.1, 0.15) is 6.54 Å². The minimum absolute atomic E-state index is 0.220.